The Bertz CT molecular complexity index is 3890. The predicted octanol–water partition coefficient (Wildman–Crippen LogP) is 18.4. The number of alkyl halides is 39. The van der Waals surface area contributed by atoms with Gasteiger partial charge in [0.05, 0.1) is 0 Å². The van der Waals surface area contributed by atoms with Gasteiger partial charge in [0, 0.05) is 34.4 Å². The van der Waals surface area contributed by atoms with E-state index in [9.17, 15) is 221 Å². The first kappa shape index (κ1) is 113. The van der Waals surface area contributed by atoms with Crippen LogP contribution in [0.1, 0.15) is 94.5 Å². The van der Waals surface area contributed by atoms with E-state index in [-0.39, 0.29) is 121 Å². The van der Waals surface area contributed by atoms with Crippen molar-refractivity contribution in [2.24, 2.45) is 0 Å². The summed E-state index contributed by atoms with van der Waals surface area (Å²) in [6, 6.07) is -1.98. The van der Waals surface area contributed by atoms with Crippen molar-refractivity contribution in [1.82, 2.24) is 0 Å². The summed E-state index contributed by atoms with van der Waals surface area (Å²) in [6.45, 7) is 7.84. The van der Waals surface area contributed by atoms with Crippen LogP contribution in [0.25, 0.3) is 0 Å². The van der Waals surface area contributed by atoms with Crippen LogP contribution in [0.2, 0.25) is 0 Å². The molecule has 0 aromatic heterocycles. The molecule has 4 aromatic carbocycles. The molecule has 4 unspecified atom stereocenters. The van der Waals surface area contributed by atoms with E-state index in [1.807, 2.05) is 6.58 Å². The SMILES string of the molecule is C.C.C.C=CC(=O)Oc1cc(C(C)(O)C(F)(F)F)cc(C(O)(C(F)(F)F)C(F)(F)F)c1.C=CC(=O)Oc1cc(C(C)(O)C(F)(F)F)cc(C(OC(=O)C(=C)C(F)(F)F)(C(F)(F)F)C(F)(F)F)c1.CC(O)(c1cc(O)cc(C(O)(C(F)(F)F)C(F)(F)F)c1)C(F)(F)F.CC(O)(c1cc(O)cc(C(O)(C(F)(F)F)C(F)(F)F)c1)C(F)(F)F.F. The Morgan fingerprint density at radius 1 is 0.302 bits per heavy atom. The van der Waals surface area contributed by atoms with Gasteiger partial charge in [-0.2, -0.15) is 171 Å². The first-order valence-electron chi connectivity index (χ1n) is 27.4. The number of hydrogen-bond acceptors (Lipinski definition) is 15. The average Bonchev–Trinajstić information content (AvgIpc) is 0.727. The lowest BCUT2D eigenvalue weighted by atomic mass is 9.86. The molecule has 0 aliphatic carbocycles. The van der Waals surface area contributed by atoms with Crippen molar-refractivity contribution in [1.29, 1.82) is 0 Å². The van der Waals surface area contributed by atoms with Gasteiger partial charge in [0.25, 0.3) is 16.8 Å². The van der Waals surface area contributed by atoms with Gasteiger partial charge in [-0.25, -0.2) is 14.4 Å². The highest BCUT2D eigenvalue weighted by molar-refractivity contribution is 5.90. The zero-order valence-electron chi connectivity index (χ0n) is 54.3. The molecule has 0 radical (unpaired) electrons. The Kier molecular flexibility index (Phi) is 34.5. The average molecular weight is 1790 g/mol. The maximum Gasteiger partial charge on any atom is 0.442 e. The second-order valence-corrected chi connectivity index (χ2v) is 22.7. The molecule has 0 fully saturated rings. The highest BCUT2D eigenvalue weighted by Crippen LogP contribution is 2.59. The van der Waals surface area contributed by atoms with E-state index in [1.54, 1.807) is 0 Å². The Morgan fingerprint density at radius 3 is 0.672 bits per heavy atom. The molecule has 0 saturated carbocycles. The lowest BCUT2D eigenvalue weighted by molar-refractivity contribution is -0.377. The Hall–Kier alpha value is -8.97. The largest absolute Gasteiger partial charge is 0.508 e. The van der Waals surface area contributed by atoms with Crippen molar-refractivity contribution in [3.8, 4) is 23.0 Å². The van der Waals surface area contributed by atoms with E-state index in [2.05, 4.69) is 27.4 Å². The van der Waals surface area contributed by atoms with Gasteiger partial charge in [-0.15, -0.1) is 0 Å². The number of hydrogen-bond donors (Lipinski definition) is 9. The number of carbonyl (C=O) groups excluding carboxylic acids is 3. The number of phenolic OH excluding ortho intramolecular Hbond substituents is 2. The van der Waals surface area contributed by atoms with Gasteiger partial charge in [-0.05, 0) is 123 Å². The number of phenols is 2. The first-order chi connectivity index (χ1) is 48.8. The Balaban J connectivity index is -0.000000722. The van der Waals surface area contributed by atoms with Crippen molar-refractivity contribution in [3.63, 3.8) is 0 Å². The molecule has 668 valence electrons. The summed E-state index contributed by atoms with van der Waals surface area (Å²) >= 11 is 0. The Morgan fingerprint density at radius 2 is 0.483 bits per heavy atom. The highest BCUT2D eigenvalue weighted by atomic mass is 19.5. The van der Waals surface area contributed by atoms with E-state index in [4.69, 9.17) is 10.2 Å². The third-order valence-corrected chi connectivity index (χ3v) is 14.6. The predicted molar refractivity (Wildman–Crippen MR) is 309 cm³/mol. The summed E-state index contributed by atoms with van der Waals surface area (Å²) in [5.74, 6) is -11.9. The van der Waals surface area contributed by atoms with Gasteiger partial charge < -0.3 is 60.2 Å². The summed E-state index contributed by atoms with van der Waals surface area (Å²) in [4.78, 5) is 34.2. The van der Waals surface area contributed by atoms with Gasteiger partial charge in [0.1, 0.15) is 28.6 Å². The number of rotatable bonds is 14. The van der Waals surface area contributed by atoms with E-state index < -0.39 is 222 Å². The fourth-order valence-corrected chi connectivity index (χ4v) is 7.91. The minimum Gasteiger partial charge on any atom is -0.508 e. The summed E-state index contributed by atoms with van der Waals surface area (Å²) in [7, 11) is 0. The summed E-state index contributed by atoms with van der Waals surface area (Å²) in [5, 5.41) is 84.2. The molecule has 0 saturated heterocycles. The monoisotopic (exact) mass is 1790 g/mol. The van der Waals surface area contributed by atoms with E-state index in [0.717, 1.165) is 0 Å². The molecule has 0 amide bonds. The lowest BCUT2D eigenvalue weighted by Gasteiger charge is -2.38. The number of esters is 3. The van der Waals surface area contributed by atoms with Gasteiger partial charge in [0.15, 0.2) is 22.4 Å². The van der Waals surface area contributed by atoms with Crippen LogP contribution in [0.4, 0.5) is 176 Å². The zero-order chi connectivity index (χ0) is 89.8. The standard InChI is InChI=1S/C19H12F12O5.C15H11F9O4.2C12H9F9O3.3CH4.FH/c1-4-12(32)35-11-6-9(14(3,34)17(23,24)25)5-10(7-11)15(18(26,27)28,19(29,30)31)36-13(33)8(2)16(20,21)22;1-3-10(25)28-9-5-7(11(2,26)13(16,17)18)4-8(6-9)12(27,14(19,20)21)15(22,23)24;2*1-8(23,10(13,14)15)5-2-6(4-7(22)3-5)9(24,11(16,17)18)12(19,20)21;;;;/h4-7,34H,1-2H2,3H3;3-6,26-27H,1H2,2H3;2*2-4,22-24H,1H3;3*1H4;1H. The van der Waals surface area contributed by atoms with Crippen LogP contribution in [0, 0.1) is 0 Å². The number of ether oxygens (including phenoxy) is 3. The molecule has 0 spiro atoms. The smallest absolute Gasteiger partial charge is 0.442 e. The second-order valence-electron chi connectivity index (χ2n) is 22.7. The third kappa shape index (κ3) is 23.1. The quantitative estimate of drug-likeness (QED) is 0.0246. The fourth-order valence-electron chi connectivity index (χ4n) is 7.91. The maximum atomic E-state index is 13.9. The highest BCUT2D eigenvalue weighted by Gasteiger charge is 2.78. The Labute approximate surface area is 620 Å². The van der Waals surface area contributed by atoms with Crippen molar-refractivity contribution in [2.45, 2.75) is 175 Å². The van der Waals surface area contributed by atoms with Gasteiger partial charge in [0.2, 0.25) is 0 Å². The molecule has 15 nitrogen and oxygen atoms in total. The molecule has 0 aliphatic heterocycles. The summed E-state index contributed by atoms with van der Waals surface area (Å²) in [5.41, 5.74) is -56.8. The van der Waals surface area contributed by atoms with E-state index in [0.29, 0.717) is 12.2 Å². The third-order valence-electron chi connectivity index (χ3n) is 14.6. The molecular weight excluding hydrogens is 1730 g/mol. The van der Waals surface area contributed by atoms with Gasteiger partial charge in [-0.1, -0.05) is 42.0 Å². The molecule has 116 heavy (non-hydrogen) atoms. The topological polar surface area (TPSA) is 261 Å². The van der Waals surface area contributed by atoms with Crippen LogP contribution < -0.4 is 9.47 Å². The molecule has 0 bridgehead atoms. The maximum absolute atomic E-state index is 13.9. The van der Waals surface area contributed by atoms with Crippen LogP contribution in [-0.2, 0) is 63.9 Å². The molecule has 0 aliphatic rings. The molecule has 9 N–H and O–H groups in total. The molecular formula is C61H54F40O15. The van der Waals surface area contributed by atoms with Crippen molar-refractivity contribution < 1.29 is 250 Å². The molecule has 0 heterocycles. The minimum atomic E-state index is -6.88. The molecule has 4 rings (SSSR count). The summed E-state index contributed by atoms with van der Waals surface area (Å²) < 4.78 is 519. The van der Waals surface area contributed by atoms with Crippen molar-refractivity contribution >= 4 is 17.9 Å². The van der Waals surface area contributed by atoms with Gasteiger partial charge in [-0.3, -0.25) is 4.70 Å². The van der Waals surface area contributed by atoms with Crippen LogP contribution in [-0.4, -0.2) is 144 Å². The number of aromatic hydroxyl groups is 2. The zero-order valence-corrected chi connectivity index (χ0v) is 54.3. The van der Waals surface area contributed by atoms with Crippen LogP contribution in [0.5, 0.6) is 23.0 Å². The molecule has 55 heteroatoms. The molecule has 4 aromatic rings. The minimum absolute atomic E-state index is 0. The van der Waals surface area contributed by atoms with Gasteiger partial charge >= 0.3 is 104 Å². The van der Waals surface area contributed by atoms with Crippen LogP contribution >= 0.6 is 0 Å². The van der Waals surface area contributed by atoms with Crippen LogP contribution in [0.3, 0.4) is 0 Å². The lowest BCUT2D eigenvalue weighted by Crippen LogP contribution is -2.57. The fraction of sp³-hybridized carbons (Fsp3) is 0.459. The van der Waals surface area contributed by atoms with Crippen molar-refractivity contribution in [2.75, 3.05) is 0 Å². The van der Waals surface area contributed by atoms with E-state index >= 15 is 0 Å². The summed E-state index contributed by atoms with van der Waals surface area (Å²) in [6.07, 6.45) is -79.5. The molecule has 4 atom stereocenters. The number of benzene rings is 4. The van der Waals surface area contributed by atoms with E-state index in [1.165, 1.54) is 0 Å². The number of carbonyl (C=O) groups is 3. The first-order valence-corrected chi connectivity index (χ1v) is 27.4. The number of halogens is 40. The normalized spacial score (nSPS) is 15.4. The number of aliphatic hydroxyl groups is 7. The van der Waals surface area contributed by atoms with Crippen molar-refractivity contribution in [3.05, 3.63) is 155 Å². The van der Waals surface area contributed by atoms with Crippen LogP contribution in [0.15, 0.2) is 110 Å². The second kappa shape index (κ2) is 35.3.